The molecule has 0 bridgehead atoms. The molecule has 19 heavy (non-hydrogen) atoms. The minimum Gasteiger partial charge on any atom is -0.375 e. The molecule has 2 fully saturated rings. The van der Waals surface area contributed by atoms with Gasteiger partial charge in [0.25, 0.3) is 0 Å². The van der Waals surface area contributed by atoms with Crippen LogP contribution in [-0.2, 0) is 9.53 Å². The maximum absolute atomic E-state index is 12.2. The van der Waals surface area contributed by atoms with Gasteiger partial charge in [-0.3, -0.25) is 9.69 Å². The van der Waals surface area contributed by atoms with Crippen LogP contribution in [0.25, 0.3) is 0 Å². The average molecular weight is 269 g/mol. The van der Waals surface area contributed by atoms with E-state index in [1.54, 1.807) is 0 Å². The van der Waals surface area contributed by atoms with Crippen LogP contribution in [0.3, 0.4) is 0 Å². The summed E-state index contributed by atoms with van der Waals surface area (Å²) in [4.78, 5) is 16.6. The molecule has 1 N–H and O–H groups in total. The van der Waals surface area contributed by atoms with Gasteiger partial charge in [-0.25, -0.2) is 0 Å². The van der Waals surface area contributed by atoms with Crippen LogP contribution in [0.2, 0.25) is 0 Å². The highest BCUT2D eigenvalue weighted by molar-refractivity contribution is 5.76. The molecule has 0 spiro atoms. The summed E-state index contributed by atoms with van der Waals surface area (Å²) >= 11 is 0. The van der Waals surface area contributed by atoms with Crippen LogP contribution in [0.15, 0.2) is 0 Å². The van der Waals surface area contributed by atoms with E-state index in [2.05, 4.69) is 31.0 Å². The van der Waals surface area contributed by atoms with Crippen molar-refractivity contribution >= 4 is 5.91 Å². The second kappa shape index (κ2) is 6.20. The third kappa shape index (κ3) is 4.16. The maximum Gasteiger partial charge on any atom is 0.225 e. The lowest BCUT2D eigenvalue weighted by Crippen LogP contribution is -2.55. The fourth-order valence-corrected chi connectivity index (χ4v) is 2.70. The van der Waals surface area contributed by atoms with Crippen molar-refractivity contribution in [2.75, 3.05) is 45.9 Å². The number of nitrogens with zero attached hydrogens (tertiary/aromatic N) is 2. The maximum atomic E-state index is 12.2. The van der Waals surface area contributed by atoms with E-state index in [1.807, 2.05) is 4.90 Å². The van der Waals surface area contributed by atoms with Gasteiger partial charge in [0.05, 0.1) is 19.1 Å². The largest absolute Gasteiger partial charge is 0.375 e. The van der Waals surface area contributed by atoms with Crippen molar-refractivity contribution in [2.45, 2.75) is 38.8 Å². The van der Waals surface area contributed by atoms with Gasteiger partial charge in [-0.2, -0.15) is 0 Å². The molecule has 0 aromatic rings. The summed E-state index contributed by atoms with van der Waals surface area (Å²) in [5, 5.41) is 3.27. The molecule has 110 valence electrons. The van der Waals surface area contributed by atoms with Gasteiger partial charge in [-0.05, 0) is 20.8 Å². The normalized spacial score (nSPS) is 26.5. The van der Waals surface area contributed by atoms with E-state index in [9.17, 15) is 4.79 Å². The van der Waals surface area contributed by atoms with Crippen LogP contribution in [0, 0.1) is 0 Å². The van der Waals surface area contributed by atoms with Crippen molar-refractivity contribution in [3.05, 3.63) is 0 Å². The Hall–Kier alpha value is -0.650. The number of carbonyl (C=O) groups excluding carboxylic acids is 1. The first kappa shape index (κ1) is 14.8. The van der Waals surface area contributed by atoms with Gasteiger partial charge in [0.2, 0.25) is 5.91 Å². The van der Waals surface area contributed by atoms with E-state index in [1.165, 1.54) is 0 Å². The standard InChI is InChI=1S/C14H27N3O2/c1-14(2,3)17-7-5-16(6-8-17)13(18)10-12-11-15-4-9-19-12/h12,15H,4-11H2,1-3H3. The van der Waals surface area contributed by atoms with E-state index in [0.717, 1.165) is 45.9 Å². The van der Waals surface area contributed by atoms with Crippen LogP contribution in [0.5, 0.6) is 0 Å². The summed E-state index contributed by atoms with van der Waals surface area (Å²) in [6, 6.07) is 0. The van der Waals surface area contributed by atoms with E-state index in [-0.39, 0.29) is 17.6 Å². The van der Waals surface area contributed by atoms with E-state index in [0.29, 0.717) is 6.42 Å². The van der Waals surface area contributed by atoms with Gasteiger partial charge in [-0.1, -0.05) is 0 Å². The molecule has 1 atom stereocenters. The highest BCUT2D eigenvalue weighted by atomic mass is 16.5. The molecule has 2 heterocycles. The third-order valence-corrected chi connectivity index (χ3v) is 3.99. The fraction of sp³-hybridized carbons (Fsp3) is 0.929. The van der Waals surface area contributed by atoms with Gasteiger partial charge < -0.3 is 15.0 Å². The molecule has 5 heteroatoms. The number of piperazine rings is 1. The lowest BCUT2D eigenvalue weighted by molar-refractivity contribution is -0.137. The molecular weight excluding hydrogens is 242 g/mol. The molecule has 0 radical (unpaired) electrons. The van der Waals surface area contributed by atoms with E-state index in [4.69, 9.17) is 4.74 Å². The van der Waals surface area contributed by atoms with Crippen molar-refractivity contribution in [2.24, 2.45) is 0 Å². The van der Waals surface area contributed by atoms with E-state index >= 15 is 0 Å². The molecule has 2 aliphatic heterocycles. The topological polar surface area (TPSA) is 44.8 Å². The second-order valence-electron chi connectivity index (χ2n) is 6.44. The van der Waals surface area contributed by atoms with Crippen LogP contribution in [-0.4, -0.2) is 73.2 Å². The zero-order chi connectivity index (χ0) is 13.9. The summed E-state index contributed by atoms with van der Waals surface area (Å²) in [6.07, 6.45) is 0.574. The molecule has 0 aromatic heterocycles. The Morgan fingerprint density at radius 1 is 1.26 bits per heavy atom. The second-order valence-corrected chi connectivity index (χ2v) is 6.44. The fourth-order valence-electron chi connectivity index (χ4n) is 2.70. The predicted molar refractivity (Wildman–Crippen MR) is 75.1 cm³/mol. The van der Waals surface area contributed by atoms with E-state index < -0.39 is 0 Å². The first-order valence-electron chi connectivity index (χ1n) is 7.32. The zero-order valence-corrected chi connectivity index (χ0v) is 12.4. The Morgan fingerprint density at radius 2 is 1.95 bits per heavy atom. The Kier molecular flexibility index (Phi) is 4.81. The Balaban J connectivity index is 1.76. The lowest BCUT2D eigenvalue weighted by atomic mass is 10.0. The monoisotopic (exact) mass is 269 g/mol. The van der Waals surface area contributed by atoms with Crippen molar-refractivity contribution < 1.29 is 9.53 Å². The van der Waals surface area contributed by atoms with Crippen molar-refractivity contribution in [1.29, 1.82) is 0 Å². The molecule has 2 saturated heterocycles. The number of amides is 1. The number of carbonyl (C=O) groups is 1. The first-order valence-corrected chi connectivity index (χ1v) is 7.32. The lowest BCUT2D eigenvalue weighted by Gasteiger charge is -2.42. The quantitative estimate of drug-likeness (QED) is 0.783. The predicted octanol–water partition coefficient (Wildman–Crippen LogP) is 0.308. The highest BCUT2D eigenvalue weighted by Crippen LogP contribution is 2.16. The SMILES string of the molecule is CC(C)(C)N1CCN(C(=O)CC2CNCCO2)CC1. The summed E-state index contributed by atoms with van der Waals surface area (Å²) < 4.78 is 5.59. The van der Waals surface area contributed by atoms with Gasteiger partial charge in [-0.15, -0.1) is 0 Å². The molecule has 1 amide bonds. The summed E-state index contributed by atoms with van der Waals surface area (Å²) in [5.41, 5.74) is 0.200. The summed E-state index contributed by atoms with van der Waals surface area (Å²) in [7, 11) is 0. The smallest absolute Gasteiger partial charge is 0.225 e. The number of hydrogen-bond acceptors (Lipinski definition) is 4. The number of morpholine rings is 1. The number of hydrogen-bond donors (Lipinski definition) is 1. The molecule has 0 saturated carbocycles. The first-order chi connectivity index (χ1) is 8.97. The van der Waals surface area contributed by atoms with Gasteiger partial charge >= 0.3 is 0 Å². The molecular formula is C14H27N3O2. The summed E-state index contributed by atoms with van der Waals surface area (Å²) in [6.45, 7) is 12.7. The third-order valence-electron chi connectivity index (χ3n) is 3.99. The molecule has 2 rings (SSSR count). The Bertz CT molecular complexity index is 300. The molecule has 0 aliphatic carbocycles. The highest BCUT2D eigenvalue weighted by Gasteiger charge is 2.29. The van der Waals surface area contributed by atoms with Crippen LogP contribution in [0.1, 0.15) is 27.2 Å². The average Bonchev–Trinajstić information content (AvgIpc) is 2.39. The molecule has 2 aliphatic rings. The Labute approximate surface area is 116 Å². The summed E-state index contributed by atoms with van der Waals surface area (Å²) in [5.74, 6) is 0.238. The molecule has 0 aromatic carbocycles. The van der Waals surface area contributed by atoms with Crippen LogP contribution in [0.4, 0.5) is 0 Å². The van der Waals surface area contributed by atoms with Gasteiger partial charge in [0.15, 0.2) is 0 Å². The van der Waals surface area contributed by atoms with Crippen LogP contribution < -0.4 is 5.32 Å². The number of nitrogens with one attached hydrogen (secondary N) is 1. The minimum atomic E-state index is 0.0573. The number of rotatable bonds is 2. The van der Waals surface area contributed by atoms with Crippen LogP contribution >= 0.6 is 0 Å². The molecule has 1 unspecified atom stereocenters. The molecule has 5 nitrogen and oxygen atoms in total. The van der Waals surface area contributed by atoms with Crippen molar-refractivity contribution in [3.63, 3.8) is 0 Å². The zero-order valence-electron chi connectivity index (χ0n) is 12.4. The minimum absolute atomic E-state index is 0.0573. The number of ether oxygens (including phenoxy) is 1. The van der Waals surface area contributed by atoms with Crippen molar-refractivity contribution in [1.82, 2.24) is 15.1 Å². The van der Waals surface area contributed by atoms with Crippen molar-refractivity contribution in [3.8, 4) is 0 Å². The van der Waals surface area contributed by atoms with Gasteiger partial charge in [0, 0.05) is 44.8 Å². The Morgan fingerprint density at radius 3 is 2.47 bits per heavy atom. The van der Waals surface area contributed by atoms with Gasteiger partial charge in [0.1, 0.15) is 0 Å².